The summed E-state index contributed by atoms with van der Waals surface area (Å²) in [5, 5.41) is 7.90. The Morgan fingerprint density at radius 1 is 1.28 bits per heavy atom. The van der Waals surface area contributed by atoms with Crippen LogP contribution in [-0.4, -0.2) is 18.2 Å². The van der Waals surface area contributed by atoms with Gasteiger partial charge in [-0.05, 0) is 72.6 Å². The summed E-state index contributed by atoms with van der Waals surface area (Å²) in [6.07, 6.45) is 0. The number of carbonyl (C=O) groups is 1. The lowest BCUT2D eigenvalue weighted by Gasteiger charge is -2.37. The number of nitrogens with one attached hydrogen (secondary N) is 1. The molecule has 0 spiro atoms. The van der Waals surface area contributed by atoms with Crippen molar-refractivity contribution in [1.29, 1.82) is 0 Å². The Labute approximate surface area is 157 Å². The molecule has 1 N–H and O–H groups in total. The van der Waals surface area contributed by atoms with E-state index in [1.165, 1.54) is 7.11 Å². The number of nitrogens with zero attached hydrogens (tertiary/aromatic N) is 1. The van der Waals surface area contributed by atoms with Gasteiger partial charge in [-0.1, -0.05) is 12.1 Å². The molecule has 1 aromatic heterocycles. The zero-order valence-electron chi connectivity index (χ0n) is 14.6. The van der Waals surface area contributed by atoms with Crippen LogP contribution in [-0.2, 0) is 9.53 Å². The highest BCUT2D eigenvalue weighted by Gasteiger charge is 2.35. The minimum absolute atomic E-state index is 0.299. The molecule has 2 aromatic rings. The van der Waals surface area contributed by atoms with Crippen LogP contribution in [0.1, 0.15) is 29.7 Å². The van der Waals surface area contributed by atoms with E-state index in [1.54, 1.807) is 11.3 Å². The highest BCUT2D eigenvalue weighted by Crippen LogP contribution is 2.36. The number of thiocarbonyl (C=S) groups is 1. The van der Waals surface area contributed by atoms with Crippen molar-refractivity contribution in [3.05, 3.63) is 63.0 Å². The van der Waals surface area contributed by atoms with E-state index >= 15 is 0 Å². The maximum Gasteiger partial charge on any atom is 0.337 e. The Morgan fingerprint density at radius 3 is 2.68 bits per heavy atom. The second kappa shape index (κ2) is 6.98. The second-order valence-corrected chi connectivity index (χ2v) is 7.22. The molecule has 2 heterocycles. The van der Waals surface area contributed by atoms with Gasteiger partial charge in [-0.25, -0.2) is 4.79 Å². The van der Waals surface area contributed by atoms with Crippen molar-refractivity contribution in [3.8, 4) is 0 Å². The Hall–Kier alpha value is -2.18. The molecule has 0 saturated heterocycles. The Morgan fingerprint density at radius 2 is 2.04 bits per heavy atom. The minimum Gasteiger partial charge on any atom is -0.466 e. The molecule has 0 fully saturated rings. The number of aryl methyl sites for hydroxylation is 2. The second-order valence-electron chi connectivity index (χ2n) is 6.06. The van der Waals surface area contributed by atoms with E-state index in [0.29, 0.717) is 10.7 Å². The lowest BCUT2D eigenvalue weighted by molar-refractivity contribution is -0.136. The van der Waals surface area contributed by atoms with Crippen LogP contribution in [0, 0.1) is 13.8 Å². The molecule has 0 bridgehead atoms. The Kier molecular flexibility index (Phi) is 4.92. The summed E-state index contributed by atoms with van der Waals surface area (Å²) in [5.41, 5.74) is 5.58. The maximum atomic E-state index is 12.5. The summed E-state index contributed by atoms with van der Waals surface area (Å²) in [6, 6.07) is 7.89. The van der Waals surface area contributed by atoms with Gasteiger partial charge in [-0.2, -0.15) is 11.3 Å². The van der Waals surface area contributed by atoms with Crippen LogP contribution in [0.5, 0.6) is 0 Å². The van der Waals surface area contributed by atoms with E-state index < -0.39 is 0 Å². The quantitative estimate of drug-likeness (QED) is 0.644. The number of thiophene rings is 1. The lowest BCUT2D eigenvalue weighted by atomic mass is 9.96. The number of ether oxygens (including phenoxy) is 1. The Bertz CT molecular complexity index is 856. The predicted octanol–water partition coefficient (Wildman–Crippen LogP) is 4.25. The van der Waals surface area contributed by atoms with Crippen molar-refractivity contribution in [2.24, 2.45) is 0 Å². The zero-order valence-corrected chi connectivity index (χ0v) is 16.3. The third-order valence-electron chi connectivity index (χ3n) is 4.37. The van der Waals surface area contributed by atoms with Crippen molar-refractivity contribution in [1.82, 2.24) is 5.32 Å². The molecule has 0 amide bonds. The van der Waals surface area contributed by atoms with E-state index in [-0.39, 0.29) is 12.0 Å². The van der Waals surface area contributed by atoms with Gasteiger partial charge < -0.3 is 10.1 Å². The van der Waals surface area contributed by atoms with Crippen molar-refractivity contribution < 1.29 is 9.53 Å². The summed E-state index contributed by atoms with van der Waals surface area (Å²) in [6.45, 7) is 5.99. The molecule has 1 aromatic carbocycles. The third-order valence-corrected chi connectivity index (χ3v) is 5.37. The number of hydrogen-bond donors (Lipinski definition) is 1. The first kappa shape index (κ1) is 17.6. The van der Waals surface area contributed by atoms with Gasteiger partial charge in [0.05, 0.1) is 24.4 Å². The average Bonchev–Trinajstić information content (AvgIpc) is 3.11. The third kappa shape index (κ3) is 3.19. The first-order valence-corrected chi connectivity index (χ1v) is 9.28. The number of benzene rings is 1. The summed E-state index contributed by atoms with van der Waals surface area (Å²) >= 11 is 7.23. The van der Waals surface area contributed by atoms with Crippen LogP contribution >= 0.6 is 23.6 Å². The predicted molar refractivity (Wildman–Crippen MR) is 106 cm³/mol. The standard InChI is InChI=1S/C19H20N2O2S2/c1-11-5-6-12(2)15(9-11)21-13(3)16(18(22)23-4)17(20-19(21)24)14-7-8-25-10-14/h5-10,17H,1-4H3,(H,20,24)/t17-/m0/s1. The van der Waals surface area contributed by atoms with E-state index in [2.05, 4.69) is 23.5 Å². The highest BCUT2D eigenvalue weighted by atomic mass is 32.1. The number of anilines is 1. The van der Waals surface area contributed by atoms with Gasteiger partial charge in [0, 0.05) is 5.70 Å². The molecular formula is C19H20N2O2S2. The fourth-order valence-corrected chi connectivity index (χ4v) is 4.10. The molecule has 1 atom stereocenters. The molecule has 1 aliphatic rings. The molecule has 0 radical (unpaired) electrons. The number of methoxy groups -OCH3 is 1. The summed E-state index contributed by atoms with van der Waals surface area (Å²) in [7, 11) is 1.41. The molecular weight excluding hydrogens is 352 g/mol. The molecule has 0 aliphatic carbocycles. The SMILES string of the molecule is COC(=O)C1=C(C)N(c2cc(C)ccc2C)C(=S)N[C@H]1c1ccsc1. The number of carbonyl (C=O) groups excluding carboxylic acids is 1. The molecule has 130 valence electrons. The Balaban J connectivity index is 2.18. The van der Waals surface area contributed by atoms with Crippen LogP contribution in [0.15, 0.2) is 46.3 Å². The minimum atomic E-state index is -0.348. The molecule has 1 aliphatic heterocycles. The van der Waals surface area contributed by atoms with Crippen LogP contribution < -0.4 is 10.2 Å². The molecule has 0 unspecified atom stereocenters. The van der Waals surface area contributed by atoms with E-state index in [4.69, 9.17) is 17.0 Å². The van der Waals surface area contributed by atoms with Crippen molar-refractivity contribution >= 4 is 40.3 Å². The molecule has 6 heteroatoms. The van der Waals surface area contributed by atoms with Gasteiger partial charge in [0.2, 0.25) is 0 Å². The first-order valence-electron chi connectivity index (χ1n) is 7.93. The average molecular weight is 373 g/mol. The van der Waals surface area contributed by atoms with Gasteiger partial charge in [0.1, 0.15) is 0 Å². The molecule has 3 rings (SSSR count). The number of rotatable bonds is 3. The van der Waals surface area contributed by atoms with E-state index in [9.17, 15) is 4.79 Å². The van der Waals surface area contributed by atoms with Crippen LogP contribution in [0.25, 0.3) is 0 Å². The smallest absolute Gasteiger partial charge is 0.337 e. The summed E-state index contributed by atoms with van der Waals surface area (Å²) in [4.78, 5) is 14.5. The number of esters is 1. The molecule has 4 nitrogen and oxygen atoms in total. The monoisotopic (exact) mass is 372 g/mol. The maximum absolute atomic E-state index is 12.5. The van der Waals surface area contributed by atoms with Crippen LogP contribution in [0.3, 0.4) is 0 Å². The summed E-state index contributed by atoms with van der Waals surface area (Å²) < 4.78 is 5.06. The van der Waals surface area contributed by atoms with Gasteiger partial charge >= 0.3 is 5.97 Å². The summed E-state index contributed by atoms with van der Waals surface area (Å²) in [5.74, 6) is -0.348. The van der Waals surface area contributed by atoms with Gasteiger partial charge in [0.25, 0.3) is 0 Å². The molecule has 25 heavy (non-hydrogen) atoms. The van der Waals surface area contributed by atoms with Crippen LogP contribution in [0.4, 0.5) is 5.69 Å². The van der Waals surface area contributed by atoms with Crippen molar-refractivity contribution in [2.45, 2.75) is 26.8 Å². The zero-order chi connectivity index (χ0) is 18.1. The van der Waals surface area contributed by atoms with E-state index in [1.807, 2.05) is 42.5 Å². The lowest BCUT2D eigenvalue weighted by Crippen LogP contribution is -2.48. The fraction of sp³-hybridized carbons (Fsp3) is 0.263. The van der Waals surface area contributed by atoms with Gasteiger partial charge in [-0.15, -0.1) is 0 Å². The van der Waals surface area contributed by atoms with Gasteiger partial charge in [-0.3, -0.25) is 4.90 Å². The number of allylic oxidation sites excluding steroid dienone is 1. The first-order chi connectivity index (χ1) is 11.9. The van der Waals surface area contributed by atoms with Crippen molar-refractivity contribution in [3.63, 3.8) is 0 Å². The van der Waals surface area contributed by atoms with Crippen molar-refractivity contribution in [2.75, 3.05) is 12.0 Å². The normalized spacial score (nSPS) is 17.5. The molecule has 0 saturated carbocycles. The highest BCUT2D eigenvalue weighted by molar-refractivity contribution is 7.80. The van der Waals surface area contributed by atoms with Gasteiger partial charge in [0.15, 0.2) is 5.11 Å². The largest absolute Gasteiger partial charge is 0.466 e. The topological polar surface area (TPSA) is 41.6 Å². The van der Waals surface area contributed by atoms with E-state index in [0.717, 1.165) is 28.1 Å². The fourth-order valence-electron chi connectivity index (χ4n) is 3.06. The van der Waals surface area contributed by atoms with Crippen LogP contribution in [0.2, 0.25) is 0 Å². The number of hydrogen-bond acceptors (Lipinski definition) is 4.